The molecule has 0 atom stereocenters. The largest absolute Gasteiger partial charge is 0.397 e. The number of hydrogen-bond acceptors (Lipinski definition) is 4. The van der Waals surface area contributed by atoms with Gasteiger partial charge in [0, 0.05) is 6.61 Å². The Bertz CT molecular complexity index is 262. The van der Waals surface area contributed by atoms with Crippen molar-refractivity contribution in [3.05, 3.63) is 23.8 Å². The maximum atomic E-state index is 8.66. The van der Waals surface area contributed by atoms with E-state index in [0.717, 1.165) is 5.56 Å². The summed E-state index contributed by atoms with van der Waals surface area (Å²) in [7, 11) is 0. The van der Waals surface area contributed by atoms with Gasteiger partial charge in [0.25, 0.3) is 0 Å². The minimum atomic E-state index is 0.134. The summed E-state index contributed by atoms with van der Waals surface area (Å²) >= 11 is 0. The number of aliphatic hydroxyl groups excluding tert-OH is 1. The minimum absolute atomic E-state index is 0.134. The van der Waals surface area contributed by atoms with E-state index in [2.05, 4.69) is 5.43 Å². The predicted octanol–water partition coefficient (Wildman–Crippen LogP) is 0.0892. The third-order valence-electron chi connectivity index (χ3n) is 1.67. The Morgan fingerprint density at radius 2 is 2.17 bits per heavy atom. The van der Waals surface area contributed by atoms with Gasteiger partial charge in [-0.2, -0.15) is 0 Å². The van der Waals surface area contributed by atoms with Crippen LogP contribution >= 0.6 is 0 Å². The minimum Gasteiger partial charge on any atom is -0.397 e. The lowest BCUT2D eigenvalue weighted by Gasteiger charge is -2.06. The van der Waals surface area contributed by atoms with Crippen LogP contribution in [0.25, 0.3) is 0 Å². The first-order valence-electron chi connectivity index (χ1n) is 3.74. The van der Waals surface area contributed by atoms with Crippen LogP contribution in [0.3, 0.4) is 0 Å². The van der Waals surface area contributed by atoms with E-state index in [1.54, 1.807) is 12.1 Å². The molecule has 0 aliphatic heterocycles. The van der Waals surface area contributed by atoms with E-state index in [4.69, 9.17) is 16.7 Å². The van der Waals surface area contributed by atoms with Crippen LogP contribution in [0.15, 0.2) is 18.2 Å². The number of anilines is 2. The van der Waals surface area contributed by atoms with Crippen LogP contribution in [0.2, 0.25) is 0 Å². The first-order valence-corrected chi connectivity index (χ1v) is 3.74. The summed E-state index contributed by atoms with van der Waals surface area (Å²) in [6, 6.07) is 5.47. The lowest BCUT2D eigenvalue weighted by Crippen LogP contribution is -2.09. The molecule has 12 heavy (non-hydrogen) atoms. The first kappa shape index (κ1) is 8.83. The lowest BCUT2D eigenvalue weighted by molar-refractivity contribution is 0.299. The zero-order valence-corrected chi connectivity index (χ0v) is 6.75. The second kappa shape index (κ2) is 3.94. The molecule has 4 nitrogen and oxygen atoms in total. The number of hydrogen-bond donors (Lipinski definition) is 4. The molecular formula is C8H13N3O. The summed E-state index contributed by atoms with van der Waals surface area (Å²) in [4.78, 5) is 0. The lowest BCUT2D eigenvalue weighted by atomic mass is 10.1. The Labute approximate surface area is 71.2 Å². The molecule has 0 amide bonds. The summed E-state index contributed by atoms with van der Waals surface area (Å²) in [5.41, 5.74) is 10.4. The molecule has 0 fully saturated rings. The van der Waals surface area contributed by atoms with Gasteiger partial charge >= 0.3 is 0 Å². The van der Waals surface area contributed by atoms with Crippen molar-refractivity contribution in [1.29, 1.82) is 0 Å². The van der Waals surface area contributed by atoms with E-state index in [0.29, 0.717) is 17.8 Å². The molecular weight excluding hydrogens is 154 g/mol. The molecule has 0 aromatic heterocycles. The first-order chi connectivity index (χ1) is 5.77. The molecule has 66 valence electrons. The number of aliphatic hydroxyl groups is 1. The van der Waals surface area contributed by atoms with Gasteiger partial charge in [-0.05, 0) is 24.1 Å². The highest BCUT2D eigenvalue weighted by Gasteiger charge is 1.97. The van der Waals surface area contributed by atoms with E-state index in [9.17, 15) is 0 Å². The average molecular weight is 167 g/mol. The second-order valence-corrected chi connectivity index (χ2v) is 2.54. The van der Waals surface area contributed by atoms with Crippen molar-refractivity contribution in [3.8, 4) is 0 Å². The summed E-state index contributed by atoms with van der Waals surface area (Å²) in [6.07, 6.45) is 0.620. The monoisotopic (exact) mass is 167 g/mol. The van der Waals surface area contributed by atoms with Crippen molar-refractivity contribution in [2.75, 3.05) is 17.8 Å². The van der Waals surface area contributed by atoms with Gasteiger partial charge in [0.2, 0.25) is 0 Å². The molecule has 4 heteroatoms. The molecule has 6 N–H and O–H groups in total. The van der Waals surface area contributed by atoms with Crippen LogP contribution in [0.4, 0.5) is 11.4 Å². The fourth-order valence-corrected chi connectivity index (χ4v) is 1.03. The molecule has 1 aromatic rings. The standard InChI is InChI=1S/C8H13N3O/c9-7-5-6(3-4-12)1-2-8(7)11-10/h1-2,5,11-12H,3-4,9-10H2. The summed E-state index contributed by atoms with van der Waals surface area (Å²) < 4.78 is 0. The molecule has 0 unspecified atom stereocenters. The van der Waals surface area contributed by atoms with Gasteiger partial charge < -0.3 is 16.3 Å². The molecule has 0 saturated carbocycles. The molecule has 1 aromatic carbocycles. The highest BCUT2D eigenvalue weighted by atomic mass is 16.2. The number of nitrogen functional groups attached to an aromatic ring is 2. The Kier molecular flexibility index (Phi) is 2.90. The number of hydrazine groups is 1. The van der Waals surface area contributed by atoms with Crippen LogP contribution in [0.5, 0.6) is 0 Å². The SMILES string of the molecule is NNc1ccc(CCO)cc1N. The molecule has 0 heterocycles. The summed E-state index contributed by atoms with van der Waals surface area (Å²) in [5, 5.41) is 8.66. The van der Waals surface area contributed by atoms with Crippen molar-refractivity contribution in [3.63, 3.8) is 0 Å². The van der Waals surface area contributed by atoms with E-state index < -0.39 is 0 Å². The Hall–Kier alpha value is -1.26. The Morgan fingerprint density at radius 3 is 2.67 bits per heavy atom. The summed E-state index contributed by atoms with van der Waals surface area (Å²) in [6.45, 7) is 0.134. The molecule has 0 bridgehead atoms. The van der Waals surface area contributed by atoms with Gasteiger partial charge in [-0.25, -0.2) is 0 Å². The Balaban J connectivity index is 2.86. The number of rotatable bonds is 3. The van der Waals surface area contributed by atoms with Gasteiger partial charge in [0.15, 0.2) is 0 Å². The van der Waals surface area contributed by atoms with E-state index in [1.165, 1.54) is 0 Å². The predicted molar refractivity (Wildman–Crippen MR) is 49.5 cm³/mol. The van der Waals surface area contributed by atoms with Crippen molar-refractivity contribution >= 4 is 11.4 Å². The van der Waals surface area contributed by atoms with E-state index in [1.807, 2.05) is 6.07 Å². The third-order valence-corrected chi connectivity index (χ3v) is 1.67. The quantitative estimate of drug-likeness (QED) is 0.292. The van der Waals surface area contributed by atoms with Gasteiger partial charge in [0.05, 0.1) is 11.4 Å². The van der Waals surface area contributed by atoms with Crippen LogP contribution in [0, 0.1) is 0 Å². The average Bonchev–Trinajstić information content (AvgIpc) is 2.05. The Morgan fingerprint density at radius 1 is 1.42 bits per heavy atom. The molecule has 0 spiro atoms. The van der Waals surface area contributed by atoms with E-state index >= 15 is 0 Å². The zero-order chi connectivity index (χ0) is 8.97. The van der Waals surface area contributed by atoms with Crippen LogP contribution < -0.4 is 17.0 Å². The maximum absolute atomic E-state index is 8.66. The molecule has 0 saturated heterocycles. The maximum Gasteiger partial charge on any atom is 0.0716 e. The second-order valence-electron chi connectivity index (χ2n) is 2.54. The number of nitrogens with one attached hydrogen (secondary N) is 1. The van der Waals surface area contributed by atoms with Crippen molar-refractivity contribution < 1.29 is 5.11 Å². The smallest absolute Gasteiger partial charge is 0.0716 e. The molecule has 1 rings (SSSR count). The number of benzene rings is 1. The zero-order valence-electron chi connectivity index (χ0n) is 6.75. The fourth-order valence-electron chi connectivity index (χ4n) is 1.03. The highest BCUT2D eigenvalue weighted by Crippen LogP contribution is 2.18. The van der Waals surface area contributed by atoms with Crippen LogP contribution in [0.1, 0.15) is 5.56 Å². The number of nitrogens with two attached hydrogens (primary N) is 2. The van der Waals surface area contributed by atoms with Crippen molar-refractivity contribution in [2.24, 2.45) is 5.84 Å². The van der Waals surface area contributed by atoms with Crippen molar-refractivity contribution in [2.45, 2.75) is 6.42 Å². The van der Waals surface area contributed by atoms with Gasteiger partial charge in [-0.15, -0.1) is 0 Å². The fraction of sp³-hybridized carbons (Fsp3) is 0.250. The third kappa shape index (κ3) is 1.87. The normalized spacial score (nSPS) is 9.83. The van der Waals surface area contributed by atoms with E-state index in [-0.39, 0.29) is 6.61 Å². The van der Waals surface area contributed by atoms with Crippen LogP contribution in [-0.4, -0.2) is 11.7 Å². The van der Waals surface area contributed by atoms with Gasteiger partial charge in [-0.1, -0.05) is 6.07 Å². The molecule has 0 radical (unpaired) electrons. The molecule has 0 aliphatic carbocycles. The van der Waals surface area contributed by atoms with Crippen LogP contribution in [-0.2, 0) is 6.42 Å². The topological polar surface area (TPSA) is 84.3 Å². The van der Waals surface area contributed by atoms with Gasteiger partial charge in [-0.3, -0.25) is 5.84 Å². The van der Waals surface area contributed by atoms with Crippen molar-refractivity contribution in [1.82, 2.24) is 0 Å². The molecule has 0 aliphatic rings. The van der Waals surface area contributed by atoms with Gasteiger partial charge in [0.1, 0.15) is 0 Å². The highest BCUT2D eigenvalue weighted by molar-refractivity contribution is 5.66. The summed E-state index contributed by atoms with van der Waals surface area (Å²) in [5.74, 6) is 5.20.